The first-order valence-corrected chi connectivity index (χ1v) is 5.98. The smallest absolute Gasteiger partial charge is 0.228 e. The van der Waals surface area contributed by atoms with Crippen LogP contribution in [0.3, 0.4) is 0 Å². The third-order valence-corrected chi connectivity index (χ3v) is 3.01. The van der Waals surface area contributed by atoms with Crippen LogP contribution >= 0.6 is 0 Å². The molecule has 1 amide bonds. The molecular weight excluding hydrogens is 218 g/mol. The van der Waals surface area contributed by atoms with Crippen molar-refractivity contribution in [3.8, 4) is 0 Å². The number of amides is 1. The maximum atomic E-state index is 12.0. The number of aromatic nitrogens is 2. The molecule has 2 rings (SSSR count). The molecule has 17 heavy (non-hydrogen) atoms. The lowest BCUT2D eigenvalue weighted by molar-refractivity contribution is -0.124. The molecule has 1 aromatic heterocycles. The van der Waals surface area contributed by atoms with Gasteiger partial charge in [-0.05, 0) is 19.3 Å². The summed E-state index contributed by atoms with van der Waals surface area (Å²) in [4.78, 5) is 19.9. The van der Waals surface area contributed by atoms with Crippen molar-refractivity contribution in [2.45, 2.75) is 32.3 Å². The molecule has 1 N–H and O–H groups in total. The van der Waals surface area contributed by atoms with E-state index in [1.165, 1.54) is 0 Å². The summed E-state index contributed by atoms with van der Waals surface area (Å²) >= 11 is 0. The lowest BCUT2D eigenvalue weighted by Gasteiger charge is -2.27. The third-order valence-electron chi connectivity index (χ3n) is 3.01. The SMILES string of the molecule is CC[C@@H]1C[C@@H](C(=O)Nc2cnccn2)CCO1. The van der Waals surface area contributed by atoms with Crippen molar-refractivity contribution in [3.63, 3.8) is 0 Å². The molecule has 1 fully saturated rings. The molecule has 0 saturated carbocycles. The number of anilines is 1. The van der Waals surface area contributed by atoms with Crippen molar-refractivity contribution in [1.82, 2.24) is 9.97 Å². The molecule has 0 unspecified atom stereocenters. The summed E-state index contributed by atoms with van der Waals surface area (Å²) in [6.07, 6.45) is 7.43. The molecule has 1 aromatic rings. The Labute approximate surface area is 101 Å². The van der Waals surface area contributed by atoms with Crippen molar-refractivity contribution in [2.24, 2.45) is 5.92 Å². The van der Waals surface area contributed by atoms with Crippen LogP contribution in [-0.2, 0) is 9.53 Å². The molecule has 5 heteroatoms. The first-order valence-electron chi connectivity index (χ1n) is 5.98. The second-order valence-electron chi connectivity index (χ2n) is 4.20. The average molecular weight is 235 g/mol. The van der Waals surface area contributed by atoms with E-state index in [-0.39, 0.29) is 17.9 Å². The summed E-state index contributed by atoms with van der Waals surface area (Å²) < 4.78 is 5.55. The lowest BCUT2D eigenvalue weighted by Crippen LogP contribution is -2.33. The van der Waals surface area contributed by atoms with Gasteiger partial charge in [-0.25, -0.2) is 4.98 Å². The normalized spacial score (nSPS) is 24.3. The predicted octanol–water partition coefficient (Wildman–Crippen LogP) is 1.62. The number of nitrogens with zero attached hydrogens (tertiary/aromatic N) is 2. The number of carbonyl (C=O) groups excluding carboxylic acids is 1. The van der Waals surface area contributed by atoms with E-state index in [0.29, 0.717) is 12.4 Å². The summed E-state index contributed by atoms with van der Waals surface area (Å²) in [5.74, 6) is 0.556. The molecule has 0 aliphatic carbocycles. The number of hydrogen-bond acceptors (Lipinski definition) is 4. The molecule has 1 saturated heterocycles. The van der Waals surface area contributed by atoms with E-state index in [4.69, 9.17) is 4.74 Å². The van der Waals surface area contributed by atoms with Crippen molar-refractivity contribution < 1.29 is 9.53 Å². The highest BCUT2D eigenvalue weighted by atomic mass is 16.5. The Morgan fingerprint density at radius 1 is 1.59 bits per heavy atom. The van der Waals surface area contributed by atoms with E-state index in [2.05, 4.69) is 22.2 Å². The van der Waals surface area contributed by atoms with Gasteiger partial charge in [0, 0.05) is 24.9 Å². The van der Waals surface area contributed by atoms with Crippen molar-refractivity contribution in [1.29, 1.82) is 0 Å². The molecule has 92 valence electrons. The number of carbonyl (C=O) groups is 1. The van der Waals surface area contributed by atoms with Gasteiger partial charge in [-0.2, -0.15) is 0 Å². The van der Waals surface area contributed by atoms with Gasteiger partial charge in [0.2, 0.25) is 5.91 Å². The Hall–Kier alpha value is -1.49. The van der Waals surface area contributed by atoms with E-state index < -0.39 is 0 Å². The van der Waals surface area contributed by atoms with Gasteiger partial charge in [-0.1, -0.05) is 6.92 Å². The second kappa shape index (κ2) is 5.72. The highest BCUT2D eigenvalue weighted by molar-refractivity contribution is 5.91. The molecule has 0 spiro atoms. The Kier molecular flexibility index (Phi) is 4.03. The lowest BCUT2D eigenvalue weighted by atomic mass is 9.93. The third kappa shape index (κ3) is 3.23. The Balaban J connectivity index is 1.91. The highest BCUT2D eigenvalue weighted by Crippen LogP contribution is 2.23. The first-order chi connectivity index (χ1) is 8.29. The van der Waals surface area contributed by atoms with Crippen LogP contribution in [-0.4, -0.2) is 28.6 Å². The number of hydrogen-bond donors (Lipinski definition) is 1. The predicted molar refractivity (Wildman–Crippen MR) is 63.4 cm³/mol. The molecule has 5 nitrogen and oxygen atoms in total. The van der Waals surface area contributed by atoms with Crippen LogP contribution in [0.2, 0.25) is 0 Å². The van der Waals surface area contributed by atoms with Gasteiger partial charge in [0.05, 0.1) is 12.3 Å². The van der Waals surface area contributed by atoms with Gasteiger partial charge in [0.1, 0.15) is 0 Å². The quantitative estimate of drug-likeness (QED) is 0.864. The van der Waals surface area contributed by atoms with E-state index in [1.54, 1.807) is 18.6 Å². The summed E-state index contributed by atoms with van der Waals surface area (Å²) in [5.41, 5.74) is 0. The minimum Gasteiger partial charge on any atom is -0.378 e. The van der Waals surface area contributed by atoms with Crippen LogP contribution in [0.1, 0.15) is 26.2 Å². The standard InChI is InChI=1S/C12H17N3O2/c1-2-10-7-9(3-6-17-10)12(16)15-11-8-13-4-5-14-11/h4-5,8-10H,2-3,6-7H2,1H3,(H,14,15,16)/t9-,10+/m0/s1. The van der Waals surface area contributed by atoms with Crippen LogP contribution in [0.25, 0.3) is 0 Å². The van der Waals surface area contributed by atoms with Gasteiger partial charge < -0.3 is 10.1 Å². The maximum Gasteiger partial charge on any atom is 0.228 e. The van der Waals surface area contributed by atoms with Crippen molar-refractivity contribution in [2.75, 3.05) is 11.9 Å². The van der Waals surface area contributed by atoms with Gasteiger partial charge in [0.15, 0.2) is 5.82 Å². The van der Waals surface area contributed by atoms with Crippen LogP contribution in [0, 0.1) is 5.92 Å². The Bertz CT molecular complexity index is 369. The highest BCUT2D eigenvalue weighted by Gasteiger charge is 2.27. The first kappa shape index (κ1) is 12.0. The second-order valence-corrected chi connectivity index (χ2v) is 4.20. The maximum absolute atomic E-state index is 12.0. The monoisotopic (exact) mass is 235 g/mol. The fourth-order valence-electron chi connectivity index (χ4n) is 1.99. The summed E-state index contributed by atoms with van der Waals surface area (Å²) in [5, 5.41) is 2.79. The summed E-state index contributed by atoms with van der Waals surface area (Å²) in [6.45, 7) is 2.74. The van der Waals surface area contributed by atoms with Crippen LogP contribution in [0.15, 0.2) is 18.6 Å². The molecule has 1 aliphatic rings. The summed E-state index contributed by atoms with van der Waals surface area (Å²) in [7, 11) is 0. The number of rotatable bonds is 3. The molecular formula is C12H17N3O2. The van der Waals surface area contributed by atoms with E-state index >= 15 is 0 Å². The zero-order chi connectivity index (χ0) is 12.1. The van der Waals surface area contributed by atoms with Crippen LogP contribution < -0.4 is 5.32 Å². The van der Waals surface area contributed by atoms with Gasteiger partial charge in [-0.15, -0.1) is 0 Å². The van der Waals surface area contributed by atoms with Crippen LogP contribution in [0.4, 0.5) is 5.82 Å². The Morgan fingerprint density at radius 3 is 3.18 bits per heavy atom. The van der Waals surface area contributed by atoms with Crippen LogP contribution in [0.5, 0.6) is 0 Å². The zero-order valence-corrected chi connectivity index (χ0v) is 9.93. The largest absolute Gasteiger partial charge is 0.378 e. The van der Waals surface area contributed by atoms with Crippen molar-refractivity contribution in [3.05, 3.63) is 18.6 Å². The number of ether oxygens (including phenoxy) is 1. The molecule has 2 atom stereocenters. The minimum absolute atomic E-state index is 0.0206. The van der Waals surface area contributed by atoms with Gasteiger partial charge >= 0.3 is 0 Å². The molecule has 2 heterocycles. The number of nitrogens with one attached hydrogen (secondary N) is 1. The molecule has 0 aromatic carbocycles. The fraction of sp³-hybridized carbons (Fsp3) is 0.583. The Morgan fingerprint density at radius 2 is 2.47 bits per heavy atom. The van der Waals surface area contributed by atoms with Gasteiger partial charge in [-0.3, -0.25) is 9.78 Å². The van der Waals surface area contributed by atoms with E-state index in [1.807, 2.05) is 0 Å². The molecule has 0 radical (unpaired) electrons. The average Bonchev–Trinajstić information content (AvgIpc) is 2.40. The van der Waals surface area contributed by atoms with Crippen molar-refractivity contribution >= 4 is 11.7 Å². The van der Waals surface area contributed by atoms with E-state index in [0.717, 1.165) is 19.3 Å². The summed E-state index contributed by atoms with van der Waals surface area (Å²) in [6, 6.07) is 0. The van der Waals surface area contributed by atoms with E-state index in [9.17, 15) is 4.79 Å². The van der Waals surface area contributed by atoms with Gasteiger partial charge in [0.25, 0.3) is 0 Å². The zero-order valence-electron chi connectivity index (χ0n) is 9.93. The molecule has 0 bridgehead atoms. The molecule has 1 aliphatic heterocycles. The minimum atomic E-state index is 0.0206. The fourth-order valence-corrected chi connectivity index (χ4v) is 1.99. The topological polar surface area (TPSA) is 64.1 Å².